The lowest BCUT2D eigenvalue weighted by Crippen LogP contribution is -2.46. The van der Waals surface area contributed by atoms with Gasteiger partial charge in [0, 0.05) is 11.5 Å². The fourth-order valence-corrected chi connectivity index (χ4v) is 3.08. The van der Waals surface area contributed by atoms with E-state index in [0.29, 0.717) is 5.82 Å². The lowest BCUT2D eigenvalue weighted by atomic mass is 9.89. The van der Waals surface area contributed by atoms with Crippen LogP contribution < -0.4 is 10.6 Å². The van der Waals surface area contributed by atoms with Gasteiger partial charge in [0.1, 0.15) is 5.76 Å². The second-order valence-electron chi connectivity index (χ2n) is 8.63. The Morgan fingerprint density at radius 2 is 1.96 bits per heavy atom. The van der Waals surface area contributed by atoms with Gasteiger partial charge < -0.3 is 9.84 Å². The zero-order valence-electron chi connectivity index (χ0n) is 17.1. The third-order valence-electron chi connectivity index (χ3n) is 4.89. The highest BCUT2D eigenvalue weighted by Gasteiger charge is 2.26. The molecule has 5 heteroatoms. The third kappa shape index (κ3) is 5.35. The van der Waals surface area contributed by atoms with E-state index in [-0.39, 0.29) is 11.4 Å². The molecular formula is C23H29N3O2. The smallest absolute Gasteiger partial charge is 0.321 e. The van der Waals surface area contributed by atoms with Gasteiger partial charge in [-0.15, -0.1) is 0 Å². The van der Waals surface area contributed by atoms with Crippen molar-refractivity contribution in [3.8, 4) is 0 Å². The van der Waals surface area contributed by atoms with Crippen molar-refractivity contribution in [1.82, 2.24) is 10.5 Å². The highest BCUT2D eigenvalue weighted by atomic mass is 16.5. The van der Waals surface area contributed by atoms with Crippen LogP contribution in [0.2, 0.25) is 0 Å². The van der Waals surface area contributed by atoms with Crippen LogP contribution >= 0.6 is 0 Å². The van der Waals surface area contributed by atoms with Gasteiger partial charge in [-0.05, 0) is 31.7 Å². The van der Waals surface area contributed by atoms with Gasteiger partial charge in [0.25, 0.3) is 0 Å². The molecule has 148 valence electrons. The Hall–Kier alpha value is -2.82. The number of carbonyl (C=O) groups is 1. The first kappa shape index (κ1) is 19.9. The van der Waals surface area contributed by atoms with Gasteiger partial charge in [0.15, 0.2) is 5.82 Å². The highest BCUT2D eigenvalue weighted by Crippen LogP contribution is 2.25. The van der Waals surface area contributed by atoms with Crippen molar-refractivity contribution in [3.05, 3.63) is 71.5 Å². The first-order chi connectivity index (χ1) is 13.2. The van der Waals surface area contributed by atoms with Crippen molar-refractivity contribution in [1.29, 1.82) is 0 Å². The lowest BCUT2D eigenvalue weighted by molar-refractivity contribution is 0.244. The lowest BCUT2D eigenvalue weighted by Gasteiger charge is -2.29. The molecule has 2 N–H and O–H groups in total. The number of anilines is 1. The topological polar surface area (TPSA) is 67.2 Å². The van der Waals surface area contributed by atoms with Crippen LogP contribution in [0, 0.1) is 0 Å². The number of allylic oxidation sites excluding steroid dienone is 2. The minimum Gasteiger partial charge on any atom is -0.359 e. The summed E-state index contributed by atoms with van der Waals surface area (Å²) in [5, 5.41) is 9.71. The molecule has 0 saturated heterocycles. The van der Waals surface area contributed by atoms with E-state index < -0.39 is 5.54 Å². The molecule has 5 nitrogen and oxygen atoms in total. The van der Waals surface area contributed by atoms with Crippen LogP contribution in [0.5, 0.6) is 0 Å². The summed E-state index contributed by atoms with van der Waals surface area (Å²) in [6.07, 6.45) is 9.15. The fraction of sp³-hybridized carbons (Fsp3) is 0.391. The molecule has 0 radical (unpaired) electrons. The van der Waals surface area contributed by atoms with Crippen LogP contribution in [0.1, 0.15) is 51.9 Å². The summed E-state index contributed by atoms with van der Waals surface area (Å²) >= 11 is 0. The molecule has 0 bridgehead atoms. The molecule has 1 heterocycles. The summed E-state index contributed by atoms with van der Waals surface area (Å²) in [4.78, 5) is 12.4. The first-order valence-electron chi connectivity index (χ1n) is 9.72. The zero-order chi connectivity index (χ0) is 20.2. The van der Waals surface area contributed by atoms with E-state index in [4.69, 9.17) is 4.52 Å². The maximum Gasteiger partial charge on any atom is 0.321 e. The molecule has 0 saturated carbocycles. The second-order valence-corrected chi connectivity index (χ2v) is 8.63. The van der Waals surface area contributed by atoms with Crippen molar-refractivity contribution < 1.29 is 9.32 Å². The highest BCUT2D eigenvalue weighted by molar-refractivity contribution is 5.89. The van der Waals surface area contributed by atoms with Crippen molar-refractivity contribution in [2.24, 2.45) is 0 Å². The van der Waals surface area contributed by atoms with Crippen LogP contribution in [-0.4, -0.2) is 16.7 Å². The molecule has 2 aromatic rings. The van der Waals surface area contributed by atoms with Gasteiger partial charge in [-0.25, -0.2) is 4.79 Å². The summed E-state index contributed by atoms with van der Waals surface area (Å²) in [5.41, 5.74) is 2.07. The Balaban J connectivity index is 1.51. The van der Waals surface area contributed by atoms with Crippen LogP contribution in [0.3, 0.4) is 0 Å². The molecule has 0 aliphatic heterocycles. The van der Waals surface area contributed by atoms with Gasteiger partial charge >= 0.3 is 6.03 Å². The third-order valence-corrected chi connectivity index (χ3v) is 4.89. The summed E-state index contributed by atoms with van der Waals surface area (Å²) in [7, 11) is 0. The molecule has 0 fully saturated rings. The van der Waals surface area contributed by atoms with Crippen molar-refractivity contribution >= 4 is 11.8 Å². The fourth-order valence-electron chi connectivity index (χ4n) is 3.08. The molecule has 0 spiro atoms. The van der Waals surface area contributed by atoms with Crippen molar-refractivity contribution in [3.63, 3.8) is 0 Å². The molecule has 1 atom stereocenters. The maximum atomic E-state index is 12.4. The number of urea groups is 1. The van der Waals surface area contributed by atoms with Gasteiger partial charge in [-0.3, -0.25) is 5.32 Å². The Bertz CT molecular complexity index is 875. The Kier molecular flexibility index (Phi) is 5.73. The summed E-state index contributed by atoms with van der Waals surface area (Å²) in [6.45, 7) is 8.11. The van der Waals surface area contributed by atoms with Crippen LogP contribution in [0.25, 0.3) is 0 Å². The number of nitrogens with zero attached hydrogens (tertiary/aromatic N) is 1. The number of hydrogen-bond acceptors (Lipinski definition) is 3. The van der Waals surface area contributed by atoms with Crippen LogP contribution in [0.15, 0.2) is 64.7 Å². The average molecular weight is 380 g/mol. The van der Waals surface area contributed by atoms with Gasteiger partial charge in [0.2, 0.25) is 0 Å². The minimum atomic E-state index is -0.420. The Morgan fingerprint density at radius 1 is 1.21 bits per heavy atom. The van der Waals surface area contributed by atoms with Crippen LogP contribution in [-0.2, 0) is 11.8 Å². The summed E-state index contributed by atoms with van der Waals surface area (Å²) in [5.74, 6) is 1.16. The summed E-state index contributed by atoms with van der Waals surface area (Å²) < 4.78 is 5.31. The maximum absolute atomic E-state index is 12.4. The molecule has 1 unspecified atom stereocenters. The minimum absolute atomic E-state index is 0.150. The molecule has 3 rings (SSSR count). The predicted molar refractivity (Wildman–Crippen MR) is 112 cm³/mol. The normalized spacial score (nSPS) is 19.2. The van der Waals surface area contributed by atoms with Crippen molar-refractivity contribution in [2.45, 2.75) is 57.9 Å². The average Bonchev–Trinajstić information content (AvgIpc) is 3.10. The standard InChI is InChI=1S/C23H29N3O2/c1-22(2,3)19-16-20(26-28-19)24-21(27)25-23(4)14-12-18(13-15-23)11-10-17-8-6-5-7-9-17/h5-9,12-14,16H,10-11,15H2,1-4H3,(H2,24,25,26,27). The Labute approximate surface area is 166 Å². The molecule has 1 aliphatic rings. The van der Waals surface area contributed by atoms with E-state index in [0.717, 1.165) is 25.0 Å². The van der Waals surface area contributed by atoms with Crippen LogP contribution in [0.4, 0.5) is 10.6 Å². The molecule has 28 heavy (non-hydrogen) atoms. The van der Waals surface area contributed by atoms with E-state index in [9.17, 15) is 4.79 Å². The number of amides is 2. The first-order valence-corrected chi connectivity index (χ1v) is 9.72. The van der Waals surface area contributed by atoms with E-state index in [1.165, 1.54) is 11.1 Å². The number of hydrogen-bond donors (Lipinski definition) is 2. The molecular weight excluding hydrogens is 350 g/mol. The van der Waals surface area contributed by atoms with Crippen molar-refractivity contribution in [2.75, 3.05) is 5.32 Å². The summed E-state index contributed by atoms with van der Waals surface area (Å²) in [6, 6.07) is 11.9. The molecule has 2 amide bonds. The molecule has 1 aromatic heterocycles. The Morgan fingerprint density at radius 3 is 2.57 bits per heavy atom. The van der Waals surface area contributed by atoms with E-state index in [2.05, 4.69) is 58.3 Å². The number of aromatic nitrogens is 1. The van der Waals surface area contributed by atoms with Gasteiger partial charge in [-0.2, -0.15) is 0 Å². The number of carbonyl (C=O) groups excluding carboxylic acids is 1. The number of aryl methyl sites for hydroxylation is 1. The molecule has 1 aliphatic carbocycles. The van der Waals surface area contributed by atoms with Gasteiger partial charge in [-0.1, -0.05) is 80.1 Å². The molecule has 1 aromatic carbocycles. The number of nitrogens with one attached hydrogen (secondary N) is 2. The van der Waals surface area contributed by atoms with E-state index in [1.807, 2.05) is 33.8 Å². The SMILES string of the molecule is CC1(NC(=O)Nc2cc(C(C)(C)C)on2)C=CC(CCc2ccccc2)=CC1. The predicted octanol–water partition coefficient (Wildman–Crippen LogP) is 5.37. The van der Waals surface area contributed by atoms with E-state index >= 15 is 0 Å². The second kappa shape index (κ2) is 8.05. The largest absolute Gasteiger partial charge is 0.359 e. The quantitative estimate of drug-likeness (QED) is 0.734. The number of rotatable bonds is 5. The van der Waals surface area contributed by atoms with Gasteiger partial charge in [0.05, 0.1) is 5.54 Å². The van der Waals surface area contributed by atoms with E-state index in [1.54, 1.807) is 6.07 Å². The monoisotopic (exact) mass is 379 g/mol. The zero-order valence-corrected chi connectivity index (χ0v) is 17.1. The number of benzene rings is 1.